The zero-order valence-electron chi connectivity index (χ0n) is 21.9. The summed E-state index contributed by atoms with van der Waals surface area (Å²) in [5.41, 5.74) is 0.515. The molecule has 170 valence electrons. The zero-order chi connectivity index (χ0) is 23.2. The first-order valence-corrected chi connectivity index (χ1v) is 12.6. The molecule has 0 aliphatic carbocycles. The molecular formula is C23H52MoN4. The zero-order valence-corrected chi connectivity index (χ0v) is 23.9. The van der Waals surface area contributed by atoms with Crippen molar-refractivity contribution >= 4 is 0 Å². The van der Waals surface area contributed by atoms with E-state index in [9.17, 15) is 0 Å². The molecule has 0 rings (SSSR count). The van der Waals surface area contributed by atoms with Crippen molar-refractivity contribution in [3.05, 3.63) is 10.6 Å². The van der Waals surface area contributed by atoms with Gasteiger partial charge in [0.05, 0.1) is 0 Å². The van der Waals surface area contributed by atoms with Gasteiger partial charge in [-0.3, -0.25) is 0 Å². The van der Waals surface area contributed by atoms with Gasteiger partial charge >= 0.3 is 90.7 Å². The van der Waals surface area contributed by atoms with Gasteiger partial charge in [-0.2, -0.15) is 6.54 Å². The molecule has 0 heterocycles. The Morgan fingerprint density at radius 3 is 1.11 bits per heavy atom. The van der Waals surface area contributed by atoms with Crippen molar-refractivity contribution in [3.63, 3.8) is 0 Å². The normalized spacial score (nSPS) is 12.3. The first-order valence-electron chi connectivity index (χ1n) is 10.8. The molecule has 5 heteroatoms. The second-order valence-corrected chi connectivity index (χ2v) is 11.9. The van der Waals surface area contributed by atoms with E-state index in [2.05, 4.69) is 121 Å². The molecule has 4 nitrogen and oxygen atoms in total. The van der Waals surface area contributed by atoms with Crippen molar-refractivity contribution in [2.45, 2.75) is 145 Å². The van der Waals surface area contributed by atoms with Crippen LogP contribution in [-0.4, -0.2) is 34.7 Å². The van der Waals surface area contributed by atoms with Crippen LogP contribution in [0.25, 0.3) is 10.6 Å². The second-order valence-electron chi connectivity index (χ2n) is 10.6. The summed E-state index contributed by atoms with van der Waals surface area (Å²) in [5, 5.41) is 8.67. The van der Waals surface area contributed by atoms with E-state index < -0.39 is 18.2 Å². The van der Waals surface area contributed by atoms with Crippen LogP contribution in [0.3, 0.4) is 0 Å². The van der Waals surface area contributed by atoms with E-state index in [1.165, 1.54) is 0 Å². The van der Waals surface area contributed by atoms with Crippen LogP contribution in [0.15, 0.2) is 6.99 Å². The van der Waals surface area contributed by atoms with E-state index >= 15 is 0 Å². The summed E-state index contributed by atoms with van der Waals surface area (Å²) < 4.78 is 9.34. The fraction of sp³-hybridized carbons (Fsp3) is 1.00. The molecule has 0 fully saturated rings. The van der Waals surface area contributed by atoms with Crippen LogP contribution in [0.2, 0.25) is 0 Å². The summed E-state index contributed by atoms with van der Waals surface area (Å²) in [5.74, 6) is 0. The van der Waals surface area contributed by atoms with Crippen LogP contribution >= 0.6 is 0 Å². The Morgan fingerprint density at radius 1 is 0.679 bits per heavy atom. The van der Waals surface area contributed by atoms with Gasteiger partial charge in [-0.1, -0.05) is 62.3 Å². The molecule has 0 saturated heterocycles. The third kappa shape index (κ3) is 30.9. The molecule has 0 bridgehead atoms. The Kier molecular flexibility index (Phi) is 17.7. The van der Waals surface area contributed by atoms with Gasteiger partial charge in [-0.25, -0.2) is 0 Å². The first-order chi connectivity index (χ1) is 12.3. The smallest absolute Gasteiger partial charge is 0.0818 e. The topological polar surface area (TPSA) is 52.9 Å². The Balaban J connectivity index is -0.000000362. The van der Waals surface area contributed by atoms with Crippen LogP contribution in [0.1, 0.15) is 117 Å². The van der Waals surface area contributed by atoms with Gasteiger partial charge in [0.25, 0.3) is 0 Å². The van der Waals surface area contributed by atoms with Crippen molar-refractivity contribution in [1.29, 1.82) is 0 Å². The van der Waals surface area contributed by atoms with Crippen molar-refractivity contribution in [2.75, 3.05) is 6.54 Å². The molecule has 0 amide bonds. The molecule has 0 aromatic carbocycles. The molecule has 0 spiro atoms. The van der Waals surface area contributed by atoms with Gasteiger partial charge in [-0.05, 0) is 0 Å². The Bertz CT molecular complexity index is 402. The van der Waals surface area contributed by atoms with E-state index in [1.54, 1.807) is 0 Å². The second kappa shape index (κ2) is 15.1. The van der Waals surface area contributed by atoms with E-state index in [0.29, 0.717) is 6.04 Å². The van der Waals surface area contributed by atoms with Crippen molar-refractivity contribution in [3.8, 4) is 0 Å². The third-order valence-electron chi connectivity index (χ3n) is 3.52. The first kappa shape index (κ1) is 32.9. The maximum absolute atomic E-state index is 4.67. The monoisotopic (exact) mass is 482 g/mol. The summed E-state index contributed by atoms with van der Waals surface area (Å²) in [6, 6.07) is 0.523. The number of hydrogen-bond acceptors (Lipinski definition) is 2. The van der Waals surface area contributed by atoms with E-state index in [1.807, 2.05) is 0 Å². The van der Waals surface area contributed by atoms with Crippen molar-refractivity contribution in [1.82, 2.24) is 0 Å². The van der Waals surface area contributed by atoms with Gasteiger partial charge in [0.15, 0.2) is 0 Å². The summed E-state index contributed by atoms with van der Waals surface area (Å²) >= 11 is -0.492. The minimum absolute atomic E-state index is 0.109. The summed E-state index contributed by atoms with van der Waals surface area (Å²) in [7, 11) is 0. The molecule has 0 aromatic rings. The number of nitrogens with zero attached hydrogens (tertiary/aromatic N) is 4. The van der Waals surface area contributed by atoms with Crippen LogP contribution in [0, 0.1) is 0 Å². The van der Waals surface area contributed by atoms with E-state index in [4.69, 9.17) is 0 Å². The van der Waals surface area contributed by atoms with Crippen molar-refractivity contribution in [2.24, 2.45) is 6.99 Å². The molecule has 0 aliphatic heterocycles. The molecule has 0 aromatic heterocycles. The number of hydrogen-bond donors (Lipinski definition) is 0. The SMILES string of the molecule is CC(C)(C)[N-]C(C)(C)C.CCC(C)(C)[N]=[Mo+2]=[N]C(C)(C)CC.CC[N-]C(C)C. The van der Waals surface area contributed by atoms with Crippen LogP contribution in [0.5, 0.6) is 0 Å². The van der Waals surface area contributed by atoms with Gasteiger partial charge in [-0.15, -0.1) is 17.1 Å². The molecule has 0 saturated carbocycles. The van der Waals surface area contributed by atoms with Crippen LogP contribution in [0.4, 0.5) is 0 Å². The van der Waals surface area contributed by atoms with Gasteiger partial charge in [0, 0.05) is 0 Å². The fourth-order valence-corrected chi connectivity index (χ4v) is 3.56. The molecule has 28 heavy (non-hydrogen) atoms. The molecule has 0 N–H and O–H groups in total. The van der Waals surface area contributed by atoms with Crippen molar-refractivity contribution < 1.29 is 18.2 Å². The minimum atomic E-state index is -0.492. The molecular weight excluding hydrogens is 428 g/mol. The maximum Gasteiger partial charge on any atom is -0.0818 e. The third-order valence-corrected chi connectivity index (χ3v) is 6.36. The predicted octanol–water partition coefficient (Wildman–Crippen LogP) is 8.56. The Hall–Kier alpha value is 0.208. The Morgan fingerprint density at radius 2 is 1.00 bits per heavy atom. The summed E-state index contributed by atoms with van der Waals surface area (Å²) in [4.78, 5) is 0. The minimum Gasteiger partial charge on any atom is -0.660 e. The molecule has 0 atom stereocenters. The standard InChI is InChI=1S/C8H18N.C5H12N.2C5H11N.Mo/c1-7(2,3)9-8(4,5)6;1-4-6-5(2)3;2*1-4-5(2,3)6;/h1-6H3;5H,4H2,1-3H3;2*4H2,1-3H3;/q2*-1;;;+2. The predicted molar refractivity (Wildman–Crippen MR) is 125 cm³/mol. The fourth-order valence-electron chi connectivity index (χ4n) is 1.74. The van der Waals surface area contributed by atoms with E-state index in [-0.39, 0.29) is 22.2 Å². The molecule has 0 radical (unpaired) electrons. The van der Waals surface area contributed by atoms with Crippen LogP contribution in [-0.2, 0) is 18.2 Å². The largest absolute Gasteiger partial charge is 0.660 e. The average Bonchev–Trinajstić information content (AvgIpc) is 2.44. The average molecular weight is 481 g/mol. The summed E-state index contributed by atoms with van der Waals surface area (Å²) in [6.07, 6.45) is 2.22. The molecule has 0 aliphatic rings. The van der Waals surface area contributed by atoms with Gasteiger partial charge in [0.1, 0.15) is 0 Å². The quantitative estimate of drug-likeness (QED) is 0.342. The van der Waals surface area contributed by atoms with Gasteiger partial charge in [0.2, 0.25) is 0 Å². The van der Waals surface area contributed by atoms with Gasteiger partial charge < -0.3 is 10.6 Å². The number of rotatable bonds is 6. The van der Waals surface area contributed by atoms with E-state index in [0.717, 1.165) is 19.4 Å². The molecule has 0 unspecified atom stereocenters. The van der Waals surface area contributed by atoms with Crippen LogP contribution < -0.4 is 0 Å². The summed E-state index contributed by atoms with van der Waals surface area (Å²) in [6.45, 7) is 33.0. The Labute approximate surface area is 187 Å². The maximum atomic E-state index is 4.67.